The average molecular weight is 637 g/mol. The molecule has 1 aliphatic carbocycles. The number of pyridine rings is 1. The molecule has 7 rings (SSSR count). The predicted octanol–water partition coefficient (Wildman–Crippen LogP) is 7.21. The highest BCUT2D eigenvalue weighted by molar-refractivity contribution is 7.90. The number of nitrogens with zero attached hydrogens (tertiary/aromatic N) is 4. The quantitative estimate of drug-likeness (QED) is 0.188. The first kappa shape index (κ1) is 28.6. The van der Waals surface area contributed by atoms with Crippen LogP contribution in [0, 0.1) is 6.92 Å². The average Bonchev–Trinajstić information content (AvgIpc) is 3.63. The SMILES string of the molecule is Cc1ccc(S(=O)(=O)n2c(-c3ccc(CN4CCOCC4)cc3)cc3c(-c4cnc(C5(F)CCC5)s4)c(Cl)cnc32)cc1. The fourth-order valence-corrected chi connectivity index (χ4v) is 8.62. The number of fused-ring (bicyclic) bond motifs is 1. The minimum Gasteiger partial charge on any atom is -0.379 e. The molecule has 0 radical (unpaired) electrons. The lowest BCUT2D eigenvalue weighted by atomic mass is 9.83. The summed E-state index contributed by atoms with van der Waals surface area (Å²) in [7, 11) is -4.06. The smallest absolute Gasteiger partial charge is 0.269 e. The standard InChI is InChI=1S/C32H30ClFN4O3S2/c1-21-3-9-24(10-4-21)43(39,40)38-27(23-7-5-22(6-8-23)20-37-13-15-41-16-14-37)17-25-29(26(33)18-35-30(25)38)28-19-36-31(42-28)32(34)11-2-12-32/h3-10,17-19H,2,11-16,20H2,1H3. The van der Waals surface area contributed by atoms with Crippen molar-refractivity contribution in [3.8, 4) is 21.7 Å². The summed E-state index contributed by atoms with van der Waals surface area (Å²) in [5.41, 5.74) is 2.72. The third-order valence-electron chi connectivity index (χ3n) is 8.34. The first-order valence-electron chi connectivity index (χ1n) is 14.3. The normalized spacial score (nSPS) is 17.3. The predicted molar refractivity (Wildman–Crippen MR) is 168 cm³/mol. The highest BCUT2D eigenvalue weighted by atomic mass is 35.5. The Morgan fingerprint density at radius 3 is 2.42 bits per heavy atom. The van der Waals surface area contributed by atoms with E-state index in [0.29, 0.717) is 44.4 Å². The molecular weight excluding hydrogens is 607 g/mol. The van der Waals surface area contributed by atoms with Crippen LogP contribution in [0.3, 0.4) is 0 Å². The van der Waals surface area contributed by atoms with E-state index in [1.165, 1.54) is 21.5 Å². The van der Waals surface area contributed by atoms with Crippen LogP contribution >= 0.6 is 22.9 Å². The molecule has 0 spiro atoms. The van der Waals surface area contributed by atoms with Crippen LogP contribution in [0.4, 0.5) is 4.39 Å². The maximum atomic E-state index is 15.2. The van der Waals surface area contributed by atoms with Crippen LogP contribution in [0.25, 0.3) is 32.7 Å². The van der Waals surface area contributed by atoms with Crippen LogP contribution in [-0.2, 0) is 27.0 Å². The van der Waals surface area contributed by atoms with Crippen molar-refractivity contribution >= 4 is 44.0 Å². The number of hydrogen-bond donors (Lipinski definition) is 0. The fraction of sp³-hybridized carbons (Fsp3) is 0.312. The molecule has 222 valence electrons. The Hall–Kier alpha value is -3.15. The van der Waals surface area contributed by atoms with Crippen LogP contribution in [0.5, 0.6) is 0 Å². The number of hydrogen-bond acceptors (Lipinski definition) is 7. The van der Waals surface area contributed by atoms with Crippen molar-refractivity contribution in [2.45, 2.75) is 43.3 Å². The maximum Gasteiger partial charge on any atom is 0.269 e. The van der Waals surface area contributed by atoms with Crippen molar-refractivity contribution in [1.82, 2.24) is 18.8 Å². The van der Waals surface area contributed by atoms with Gasteiger partial charge in [-0.3, -0.25) is 4.90 Å². The summed E-state index contributed by atoms with van der Waals surface area (Å²) < 4.78 is 50.5. The van der Waals surface area contributed by atoms with Crippen LogP contribution in [0.15, 0.2) is 71.9 Å². The maximum absolute atomic E-state index is 15.2. The van der Waals surface area contributed by atoms with Gasteiger partial charge in [-0.25, -0.2) is 26.7 Å². The second kappa shape index (κ2) is 11.1. The van der Waals surface area contributed by atoms with E-state index < -0.39 is 15.7 Å². The summed E-state index contributed by atoms with van der Waals surface area (Å²) in [6.45, 7) is 5.90. The van der Waals surface area contributed by atoms with E-state index in [-0.39, 0.29) is 10.5 Å². The molecule has 0 bridgehead atoms. The first-order valence-corrected chi connectivity index (χ1v) is 16.9. The molecule has 2 aromatic carbocycles. The fourth-order valence-electron chi connectivity index (χ4n) is 5.71. The summed E-state index contributed by atoms with van der Waals surface area (Å²) in [5.74, 6) is 0. The number of benzene rings is 2. The molecular formula is C32H30ClFN4O3S2. The van der Waals surface area contributed by atoms with Gasteiger partial charge in [-0.1, -0.05) is 53.6 Å². The van der Waals surface area contributed by atoms with E-state index in [1.54, 1.807) is 30.5 Å². The first-order chi connectivity index (χ1) is 20.7. The third kappa shape index (κ3) is 5.19. The van der Waals surface area contributed by atoms with Crippen LogP contribution in [-0.4, -0.2) is 53.6 Å². The number of halogens is 2. The number of alkyl halides is 1. The highest BCUT2D eigenvalue weighted by Gasteiger charge is 2.42. The molecule has 3 aromatic heterocycles. The summed E-state index contributed by atoms with van der Waals surface area (Å²) in [4.78, 5) is 12.1. The molecule has 7 nitrogen and oxygen atoms in total. The molecule has 1 saturated carbocycles. The molecule has 4 heterocycles. The molecule has 11 heteroatoms. The molecule has 0 atom stereocenters. The Morgan fingerprint density at radius 2 is 1.74 bits per heavy atom. The van der Waals surface area contributed by atoms with Gasteiger partial charge in [0.15, 0.2) is 11.3 Å². The highest BCUT2D eigenvalue weighted by Crippen LogP contribution is 2.49. The number of rotatable bonds is 7. The van der Waals surface area contributed by atoms with E-state index in [1.807, 2.05) is 37.3 Å². The zero-order valence-electron chi connectivity index (χ0n) is 23.6. The second-order valence-electron chi connectivity index (χ2n) is 11.3. The number of aryl methyl sites for hydroxylation is 1. The Balaban J connectivity index is 1.38. The van der Waals surface area contributed by atoms with E-state index in [0.717, 1.165) is 56.0 Å². The molecule has 1 saturated heterocycles. The van der Waals surface area contributed by atoms with E-state index >= 15 is 4.39 Å². The molecule has 0 N–H and O–H groups in total. The van der Waals surface area contributed by atoms with Gasteiger partial charge in [-0.05, 0) is 55.5 Å². The van der Waals surface area contributed by atoms with Crippen molar-refractivity contribution in [3.05, 3.63) is 88.1 Å². The number of aromatic nitrogens is 3. The Morgan fingerprint density at radius 1 is 1.02 bits per heavy atom. The number of thiazole rings is 1. The van der Waals surface area contributed by atoms with Crippen LogP contribution in [0.2, 0.25) is 5.02 Å². The van der Waals surface area contributed by atoms with Gasteiger partial charge in [0.2, 0.25) is 0 Å². The molecule has 43 heavy (non-hydrogen) atoms. The second-order valence-corrected chi connectivity index (χ2v) is 14.5. The van der Waals surface area contributed by atoms with Gasteiger partial charge in [0.05, 0.1) is 33.7 Å². The molecule has 2 fully saturated rings. The number of ether oxygens (including phenoxy) is 1. The van der Waals surface area contributed by atoms with Crippen molar-refractivity contribution in [3.63, 3.8) is 0 Å². The zero-order chi connectivity index (χ0) is 29.8. The van der Waals surface area contributed by atoms with E-state index in [4.69, 9.17) is 16.3 Å². The van der Waals surface area contributed by atoms with Crippen molar-refractivity contribution in [2.75, 3.05) is 26.3 Å². The topological polar surface area (TPSA) is 77.3 Å². The summed E-state index contributed by atoms with van der Waals surface area (Å²) >= 11 is 7.99. The van der Waals surface area contributed by atoms with E-state index in [9.17, 15) is 8.42 Å². The van der Waals surface area contributed by atoms with Gasteiger partial charge in [-0.2, -0.15) is 0 Å². The Labute approximate surface area is 259 Å². The van der Waals surface area contributed by atoms with Gasteiger partial charge in [0.1, 0.15) is 5.01 Å². The molecule has 1 aliphatic heterocycles. The lowest BCUT2D eigenvalue weighted by molar-refractivity contribution is 0.0342. The van der Waals surface area contributed by atoms with Gasteiger partial charge >= 0.3 is 0 Å². The monoisotopic (exact) mass is 636 g/mol. The van der Waals surface area contributed by atoms with Crippen molar-refractivity contribution in [2.24, 2.45) is 0 Å². The minimum absolute atomic E-state index is 0.156. The molecule has 2 aliphatic rings. The molecule has 0 unspecified atom stereocenters. The van der Waals surface area contributed by atoms with Crippen LogP contribution in [0.1, 0.15) is 35.4 Å². The summed E-state index contributed by atoms with van der Waals surface area (Å²) in [5, 5.41) is 1.34. The van der Waals surface area contributed by atoms with Gasteiger partial charge in [0.25, 0.3) is 10.0 Å². The van der Waals surface area contributed by atoms with E-state index in [2.05, 4.69) is 14.9 Å². The summed E-state index contributed by atoms with van der Waals surface area (Å²) in [6, 6.07) is 16.5. The lowest BCUT2D eigenvalue weighted by Crippen LogP contribution is -2.35. The minimum atomic E-state index is -4.06. The van der Waals surface area contributed by atoms with Gasteiger partial charge < -0.3 is 4.74 Å². The Kier molecular flexibility index (Phi) is 7.38. The summed E-state index contributed by atoms with van der Waals surface area (Å²) in [6.07, 6.45) is 4.84. The Bertz CT molecular complexity index is 1910. The van der Waals surface area contributed by atoms with Gasteiger partial charge in [0, 0.05) is 43.0 Å². The van der Waals surface area contributed by atoms with Gasteiger partial charge in [-0.15, -0.1) is 11.3 Å². The zero-order valence-corrected chi connectivity index (χ0v) is 26.0. The largest absolute Gasteiger partial charge is 0.379 e. The van der Waals surface area contributed by atoms with Crippen molar-refractivity contribution in [1.29, 1.82) is 0 Å². The lowest BCUT2D eigenvalue weighted by Gasteiger charge is -2.31. The van der Waals surface area contributed by atoms with Crippen LogP contribution < -0.4 is 0 Å². The number of morpholine rings is 1. The molecule has 5 aromatic rings. The molecule has 0 amide bonds. The van der Waals surface area contributed by atoms with Crippen molar-refractivity contribution < 1.29 is 17.5 Å². The third-order valence-corrected chi connectivity index (χ3v) is 11.5.